The summed E-state index contributed by atoms with van der Waals surface area (Å²) in [5, 5.41) is 4.20. The number of amides is 1. The van der Waals surface area contributed by atoms with Crippen molar-refractivity contribution in [2.45, 2.75) is 12.6 Å². The van der Waals surface area contributed by atoms with Gasteiger partial charge in [0.2, 0.25) is 0 Å². The first kappa shape index (κ1) is 16.4. The van der Waals surface area contributed by atoms with Crippen molar-refractivity contribution in [3.8, 4) is 11.3 Å². The van der Waals surface area contributed by atoms with Gasteiger partial charge in [-0.15, -0.1) is 0 Å². The van der Waals surface area contributed by atoms with Gasteiger partial charge in [-0.25, -0.2) is 0 Å². The van der Waals surface area contributed by atoms with E-state index in [1.165, 1.54) is 0 Å². The third kappa shape index (κ3) is 3.62. The van der Waals surface area contributed by atoms with Gasteiger partial charge in [0.1, 0.15) is 0 Å². The largest absolute Gasteiger partial charge is 0.373 e. The summed E-state index contributed by atoms with van der Waals surface area (Å²) in [5.74, 6) is -0.0379. The van der Waals surface area contributed by atoms with Crippen molar-refractivity contribution in [3.05, 3.63) is 66.9 Å². The molecule has 1 amide bonds. The number of carbonyl (C=O) groups excluding carboxylic acids is 1. The highest BCUT2D eigenvalue weighted by molar-refractivity contribution is 5.95. The number of nitrogens with zero attached hydrogens (tertiary/aromatic N) is 5. The lowest BCUT2D eigenvalue weighted by molar-refractivity contribution is -0.0300. The number of carbonyl (C=O) groups is 1. The normalized spacial score (nSPS) is 17.2. The summed E-state index contributed by atoms with van der Waals surface area (Å²) in [6.45, 7) is 2.25. The molecule has 0 N–H and O–H groups in total. The van der Waals surface area contributed by atoms with Crippen molar-refractivity contribution in [2.24, 2.45) is 0 Å². The molecule has 0 saturated carbocycles. The second-order valence-electron chi connectivity index (χ2n) is 6.15. The Balaban J connectivity index is 1.48. The highest BCUT2D eigenvalue weighted by atomic mass is 16.5. The number of hydrogen-bond acceptors (Lipinski definition) is 5. The number of aromatic nitrogens is 4. The summed E-state index contributed by atoms with van der Waals surface area (Å²) in [5.41, 5.74) is 2.19. The lowest BCUT2D eigenvalue weighted by Gasteiger charge is -2.33. The van der Waals surface area contributed by atoms with Crippen LogP contribution in [0, 0.1) is 0 Å². The SMILES string of the molecule is O=C(c1cncc(-c2ccccn2)c1)N1CCOC(Cn2cccn2)C1. The molecular formula is C19H19N5O2. The molecule has 0 spiro atoms. The Bertz CT molecular complexity index is 867. The van der Waals surface area contributed by atoms with E-state index in [1.54, 1.807) is 24.8 Å². The molecule has 0 bridgehead atoms. The van der Waals surface area contributed by atoms with E-state index in [9.17, 15) is 4.79 Å². The molecular weight excluding hydrogens is 330 g/mol. The maximum absolute atomic E-state index is 12.9. The molecule has 1 atom stereocenters. The number of pyridine rings is 2. The zero-order chi connectivity index (χ0) is 17.8. The van der Waals surface area contributed by atoms with Crippen LogP contribution in [0.3, 0.4) is 0 Å². The molecule has 1 aliphatic heterocycles. The Kier molecular flexibility index (Phi) is 4.70. The molecule has 0 aromatic carbocycles. The van der Waals surface area contributed by atoms with E-state index < -0.39 is 0 Å². The minimum Gasteiger partial charge on any atom is -0.373 e. The number of rotatable bonds is 4. The van der Waals surface area contributed by atoms with Crippen LogP contribution >= 0.6 is 0 Å². The van der Waals surface area contributed by atoms with Gasteiger partial charge < -0.3 is 9.64 Å². The molecule has 1 fully saturated rings. The van der Waals surface area contributed by atoms with Crippen molar-refractivity contribution in [3.63, 3.8) is 0 Å². The van der Waals surface area contributed by atoms with E-state index in [4.69, 9.17) is 4.74 Å². The zero-order valence-corrected chi connectivity index (χ0v) is 14.2. The third-order valence-corrected chi connectivity index (χ3v) is 4.32. The van der Waals surface area contributed by atoms with Crippen LogP contribution in [0.15, 0.2) is 61.3 Å². The predicted molar refractivity (Wildman–Crippen MR) is 95.3 cm³/mol. The molecule has 1 unspecified atom stereocenters. The molecule has 3 aromatic rings. The Hall–Kier alpha value is -3.06. The number of hydrogen-bond donors (Lipinski definition) is 0. The second-order valence-corrected chi connectivity index (χ2v) is 6.15. The van der Waals surface area contributed by atoms with Crippen LogP contribution in [0.2, 0.25) is 0 Å². The minimum atomic E-state index is -0.0699. The number of morpholine rings is 1. The topological polar surface area (TPSA) is 73.1 Å². The summed E-state index contributed by atoms with van der Waals surface area (Å²) in [7, 11) is 0. The summed E-state index contributed by atoms with van der Waals surface area (Å²) in [4.78, 5) is 23.3. The van der Waals surface area contributed by atoms with Gasteiger partial charge in [-0.3, -0.25) is 19.4 Å². The summed E-state index contributed by atoms with van der Waals surface area (Å²) >= 11 is 0. The predicted octanol–water partition coefficient (Wildman–Crippen LogP) is 1.88. The summed E-state index contributed by atoms with van der Waals surface area (Å²) < 4.78 is 7.60. The molecule has 3 aromatic heterocycles. The van der Waals surface area contributed by atoms with Gasteiger partial charge in [0.05, 0.1) is 30.5 Å². The fourth-order valence-electron chi connectivity index (χ4n) is 3.04. The minimum absolute atomic E-state index is 0.0379. The van der Waals surface area contributed by atoms with Crippen LogP contribution < -0.4 is 0 Å². The van der Waals surface area contributed by atoms with Crippen LogP contribution in [0.5, 0.6) is 0 Å². The fraction of sp³-hybridized carbons (Fsp3) is 0.263. The standard InChI is InChI=1S/C19H19N5O2/c25-19(16-10-15(11-20-12-16)18-4-1-2-5-21-18)23-8-9-26-17(13-23)14-24-7-3-6-22-24/h1-7,10-12,17H,8-9,13-14H2. The second kappa shape index (κ2) is 7.45. The van der Waals surface area contributed by atoms with Crippen LogP contribution in [-0.2, 0) is 11.3 Å². The van der Waals surface area contributed by atoms with Gasteiger partial charge in [-0.2, -0.15) is 5.10 Å². The van der Waals surface area contributed by atoms with Crippen molar-refractivity contribution in [1.29, 1.82) is 0 Å². The van der Waals surface area contributed by atoms with E-state index in [-0.39, 0.29) is 12.0 Å². The molecule has 0 radical (unpaired) electrons. The van der Waals surface area contributed by atoms with E-state index in [0.717, 1.165) is 11.3 Å². The highest BCUT2D eigenvalue weighted by Crippen LogP contribution is 2.18. The third-order valence-electron chi connectivity index (χ3n) is 4.32. The molecule has 4 rings (SSSR count). The molecule has 26 heavy (non-hydrogen) atoms. The number of ether oxygens (including phenoxy) is 1. The van der Waals surface area contributed by atoms with E-state index >= 15 is 0 Å². The average Bonchev–Trinajstić information content (AvgIpc) is 3.21. The first-order chi connectivity index (χ1) is 12.8. The molecule has 1 aliphatic rings. The van der Waals surface area contributed by atoms with Crippen LogP contribution in [-0.4, -0.2) is 56.4 Å². The quantitative estimate of drug-likeness (QED) is 0.719. The van der Waals surface area contributed by atoms with Crippen LogP contribution in [0.4, 0.5) is 0 Å². The smallest absolute Gasteiger partial charge is 0.255 e. The summed E-state index contributed by atoms with van der Waals surface area (Å²) in [6.07, 6.45) is 8.61. The monoisotopic (exact) mass is 349 g/mol. The van der Waals surface area contributed by atoms with Gasteiger partial charge >= 0.3 is 0 Å². The maximum atomic E-state index is 12.9. The van der Waals surface area contributed by atoms with E-state index in [0.29, 0.717) is 31.8 Å². The van der Waals surface area contributed by atoms with Crippen molar-refractivity contribution in [2.75, 3.05) is 19.7 Å². The van der Waals surface area contributed by atoms with E-state index in [2.05, 4.69) is 15.1 Å². The van der Waals surface area contributed by atoms with Gasteiger partial charge in [-0.05, 0) is 24.3 Å². The van der Waals surface area contributed by atoms with E-state index in [1.807, 2.05) is 46.1 Å². The van der Waals surface area contributed by atoms with Crippen molar-refractivity contribution < 1.29 is 9.53 Å². The molecule has 4 heterocycles. The van der Waals surface area contributed by atoms with Gasteiger partial charge in [0, 0.05) is 49.6 Å². The Morgan fingerprint density at radius 1 is 1.23 bits per heavy atom. The average molecular weight is 349 g/mol. The van der Waals surface area contributed by atoms with Gasteiger partial charge in [0.15, 0.2) is 0 Å². The molecule has 0 aliphatic carbocycles. The van der Waals surface area contributed by atoms with Crippen molar-refractivity contribution >= 4 is 5.91 Å². The molecule has 7 nitrogen and oxygen atoms in total. The van der Waals surface area contributed by atoms with Gasteiger partial charge in [-0.1, -0.05) is 6.07 Å². The lowest BCUT2D eigenvalue weighted by atomic mass is 10.1. The van der Waals surface area contributed by atoms with Crippen molar-refractivity contribution in [1.82, 2.24) is 24.6 Å². The van der Waals surface area contributed by atoms with Gasteiger partial charge in [0.25, 0.3) is 5.91 Å². The molecule has 1 saturated heterocycles. The Morgan fingerprint density at radius 3 is 3.00 bits per heavy atom. The van der Waals surface area contributed by atoms with Crippen LogP contribution in [0.25, 0.3) is 11.3 Å². The first-order valence-corrected chi connectivity index (χ1v) is 8.54. The Morgan fingerprint density at radius 2 is 2.19 bits per heavy atom. The summed E-state index contributed by atoms with van der Waals surface area (Å²) in [6, 6.07) is 9.40. The highest BCUT2D eigenvalue weighted by Gasteiger charge is 2.25. The lowest BCUT2D eigenvalue weighted by Crippen LogP contribution is -2.47. The molecule has 7 heteroatoms. The first-order valence-electron chi connectivity index (χ1n) is 8.54. The zero-order valence-electron chi connectivity index (χ0n) is 14.2. The molecule has 132 valence electrons. The Labute approximate surface area is 151 Å². The maximum Gasteiger partial charge on any atom is 0.255 e. The van der Waals surface area contributed by atoms with Crippen LogP contribution in [0.1, 0.15) is 10.4 Å². The fourth-order valence-corrected chi connectivity index (χ4v) is 3.04.